The summed E-state index contributed by atoms with van der Waals surface area (Å²) in [6, 6.07) is 5.97. The minimum atomic E-state index is 0.338. The van der Waals surface area contributed by atoms with Crippen molar-refractivity contribution in [1.29, 1.82) is 5.26 Å². The summed E-state index contributed by atoms with van der Waals surface area (Å²) >= 11 is 0. The topological polar surface area (TPSA) is 105 Å². The van der Waals surface area contributed by atoms with Gasteiger partial charge in [-0.2, -0.15) is 15.3 Å². The second-order valence-electron chi connectivity index (χ2n) is 4.41. The van der Waals surface area contributed by atoms with Crippen molar-refractivity contribution in [1.82, 2.24) is 29.7 Å². The highest BCUT2D eigenvalue weighted by Crippen LogP contribution is 2.11. The molecule has 0 aromatic carbocycles. The van der Waals surface area contributed by atoms with Gasteiger partial charge in [0.2, 0.25) is 5.95 Å². The Balaban J connectivity index is 1.72. The predicted molar refractivity (Wildman–Crippen MR) is 78.1 cm³/mol. The lowest BCUT2D eigenvalue weighted by Crippen LogP contribution is -2.11. The summed E-state index contributed by atoms with van der Waals surface area (Å²) in [5.74, 6) is 0.847. The third-order valence-corrected chi connectivity index (χ3v) is 2.97. The van der Waals surface area contributed by atoms with Gasteiger partial charge in [-0.25, -0.2) is 14.6 Å². The van der Waals surface area contributed by atoms with E-state index in [4.69, 9.17) is 5.26 Å². The summed E-state index contributed by atoms with van der Waals surface area (Å²) in [6.45, 7) is 0.673. The lowest BCUT2D eigenvalue weighted by molar-refractivity contribution is 0.832. The Morgan fingerprint density at radius 3 is 2.82 bits per heavy atom. The van der Waals surface area contributed by atoms with Gasteiger partial charge in [-0.05, 0) is 24.1 Å². The average molecular weight is 292 g/mol. The number of hydrogen-bond donors (Lipinski definition) is 1. The fourth-order valence-corrected chi connectivity index (χ4v) is 1.90. The Hall–Kier alpha value is -3.34. The standard InChI is InChI=1S/C14H12N8/c15-7-12-8-19-14(21-13(12)22-10-17-9-20-22)18-6-3-11-1-4-16-5-2-11/h1-2,4-5,8-10H,3,6H2,(H,18,19,21). The van der Waals surface area contributed by atoms with Gasteiger partial charge in [0.25, 0.3) is 0 Å². The maximum atomic E-state index is 9.12. The molecule has 0 amide bonds. The van der Waals surface area contributed by atoms with Crippen LogP contribution in [0.25, 0.3) is 5.82 Å². The van der Waals surface area contributed by atoms with Gasteiger partial charge in [0.15, 0.2) is 5.82 Å². The van der Waals surface area contributed by atoms with Crippen molar-refractivity contribution in [2.24, 2.45) is 0 Å². The lowest BCUT2D eigenvalue weighted by Gasteiger charge is -2.07. The van der Waals surface area contributed by atoms with E-state index in [2.05, 4.69) is 30.4 Å². The van der Waals surface area contributed by atoms with Crippen molar-refractivity contribution in [3.8, 4) is 11.9 Å². The Kier molecular flexibility index (Phi) is 3.97. The van der Waals surface area contributed by atoms with Crippen LogP contribution in [0.5, 0.6) is 0 Å². The molecule has 0 saturated heterocycles. The highest BCUT2D eigenvalue weighted by Gasteiger charge is 2.09. The SMILES string of the molecule is N#Cc1cnc(NCCc2ccncc2)nc1-n1cncn1. The van der Waals surface area contributed by atoms with E-state index >= 15 is 0 Å². The van der Waals surface area contributed by atoms with Crippen LogP contribution in [0.2, 0.25) is 0 Å². The molecule has 22 heavy (non-hydrogen) atoms. The maximum absolute atomic E-state index is 9.12. The molecule has 0 bridgehead atoms. The minimum absolute atomic E-state index is 0.338. The zero-order valence-electron chi connectivity index (χ0n) is 11.6. The Morgan fingerprint density at radius 2 is 2.09 bits per heavy atom. The fourth-order valence-electron chi connectivity index (χ4n) is 1.90. The van der Waals surface area contributed by atoms with Crippen LogP contribution in [-0.4, -0.2) is 36.3 Å². The van der Waals surface area contributed by atoms with Crippen LogP contribution in [-0.2, 0) is 6.42 Å². The zero-order chi connectivity index (χ0) is 15.2. The van der Waals surface area contributed by atoms with Crippen molar-refractivity contribution in [2.45, 2.75) is 6.42 Å². The van der Waals surface area contributed by atoms with Crippen molar-refractivity contribution in [3.05, 3.63) is 54.5 Å². The van der Waals surface area contributed by atoms with E-state index < -0.39 is 0 Å². The van der Waals surface area contributed by atoms with Gasteiger partial charge in [0, 0.05) is 18.9 Å². The first kappa shape index (κ1) is 13.6. The van der Waals surface area contributed by atoms with Gasteiger partial charge >= 0.3 is 0 Å². The second kappa shape index (κ2) is 6.41. The first-order valence-corrected chi connectivity index (χ1v) is 6.62. The van der Waals surface area contributed by atoms with Crippen LogP contribution >= 0.6 is 0 Å². The summed E-state index contributed by atoms with van der Waals surface area (Å²) in [5.41, 5.74) is 1.51. The minimum Gasteiger partial charge on any atom is -0.354 e. The molecule has 108 valence electrons. The summed E-state index contributed by atoms with van der Waals surface area (Å²) in [6.07, 6.45) is 8.69. The molecule has 0 aliphatic heterocycles. The number of pyridine rings is 1. The van der Waals surface area contributed by atoms with E-state index in [9.17, 15) is 0 Å². The summed E-state index contributed by atoms with van der Waals surface area (Å²) in [7, 11) is 0. The molecule has 0 aliphatic carbocycles. The molecule has 8 heteroatoms. The smallest absolute Gasteiger partial charge is 0.224 e. The summed E-state index contributed by atoms with van der Waals surface area (Å²) < 4.78 is 1.44. The van der Waals surface area contributed by atoms with E-state index in [1.807, 2.05) is 18.2 Å². The van der Waals surface area contributed by atoms with Crippen LogP contribution in [0.3, 0.4) is 0 Å². The first-order chi connectivity index (χ1) is 10.9. The third kappa shape index (κ3) is 3.04. The predicted octanol–water partition coefficient (Wildman–Crippen LogP) is 0.979. The number of aromatic nitrogens is 6. The van der Waals surface area contributed by atoms with Crippen LogP contribution in [0.15, 0.2) is 43.4 Å². The number of nitrogens with zero attached hydrogens (tertiary/aromatic N) is 7. The van der Waals surface area contributed by atoms with Gasteiger partial charge in [-0.15, -0.1) is 0 Å². The van der Waals surface area contributed by atoms with Gasteiger partial charge < -0.3 is 5.32 Å². The zero-order valence-corrected chi connectivity index (χ0v) is 11.6. The van der Waals surface area contributed by atoms with Crippen molar-refractivity contribution >= 4 is 5.95 Å². The van der Waals surface area contributed by atoms with Crippen LogP contribution in [0.4, 0.5) is 5.95 Å². The van der Waals surface area contributed by atoms with Gasteiger partial charge in [0.05, 0.1) is 6.20 Å². The Morgan fingerprint density at radius 1 is 1.23 bits per heavy atom. The molecule has 8 nitrogen and oxygen atoms in total. The maximum Gasteiger partial charge on any atom is 0.224 e. The highest BCUT2D eigenvalue weighted by molar-refractivity contribution is 5.44. The molecule has 3 aromatic rings. The fraction of sp³-hybridized carbons (Fsp3) is 0.143. The van der Waals surface area contributed by atoms with E-state index in [0.717, 1.165) is 6.42 Å². The van der Waals surface area contributed by atoms with Crippen LogP contribution in [0.1, 0.15) is 11.1 Å². The molecule has 3 rings (SSSR count). The summed E-state index contributed by atoms with van der Waals surface area (Å²) in [4.78, 5) is 16.3. The monoisotopic (exact) mass is 292 g/mol. The molecular weight excluding hydrogens is 280 g/mol. The second-order valence-corrected chi connectivity index (χ2v) is 4.41. The normalized spacial score (nSPS) is 10.1. The number of nitriles is 1. The average Bonchev–Trinajstić information content (AvgIpc) is 3.10. The number of hydrogen-bond acceptors (Lipinski definition) is 7. The van der Waals surface area contributed by atoms with Crippen molar-refractivity contribution in [3.63, 3.8) is 0 Å². The Labute approximate surface area is 126 Å². The Bertz CT molecular complexity index is 776. The number of rotatable bonds is 5. The number of anilines is 1. The van der Waals surface area contributed by atoms with E-state index in [-0.39, 0.29) is 0 Å². The lowest BCUT2D eigenvalue weighted by atomic mass is 10.2. The van der Waals surface area contributed by atoms with Crippen molar-refractivity contribution < 1.29 is 0 Å². The molecule has 0 fully saturated rings. The molecule has 0 atom stereocenters. The molecule has 0 unspecified atom stereocenters. The molecule has 0 spiro atoms. The molecule has 1 N–H and O–H groups in total. The highest BCUT2D eigenvalue weighted by atomic mass is 15.4. The van der Waals surface area contributed by atoms with E-state index in [0.29, 0.717) is 23.9 Å². The van der Waals surface area contributed by atoms with Gasteiger partial charge in [0.1, 0.15) is 24.3 Å². The molecular formula is C14H12N8. The quantitative estimate of drug-likeness (QED) is 0.747. The molecule has 0 aliphatic rings. The molecule has 0 radical (unpaired) electrons. The third-order valence-electron chi connectivity index (χ3n) is 2.97. The van der Waals surface area contributed by atoms with Gasteiger partial charge in [-0.3, -0.25) is 4.98 Å². The molecule has 3 heterocycles. The van der Waals surface area contributed by atoms with Crippen LogP contribution < -0.4 is 5.32 Å². The molecule has 0 saturated carbocycles. The van der Waals surface area contributed by atoms with Gasteiger partial charge in [-0.1, -0.05) is 0 Å². The van der Waals surface area contributed by atoms with E-state index in [1.165, 1.54) is 29.1 Å². The first-order valence-electron chi connectivity index (χ1n) is 6.62. The molecule has 3 aromatic heterocycles. The number of nitrogens with one attached hydrogen (secondary N) is 1. The van der Waals surface area contributed by atoms with Crippen molar-refractivity contribution in [2.75, 3.05) is 11.9 Å². The summed E-state index contributed by atoms with van der Waals surface area (Å²) in [5, 5.41) is 16.2. The van der Waals surface area contributed by atoms with Crippen LogP contribution in [0, 0.1) is 11.3 Å². The largest absolute Gasteiger partial charge is 0.354 e. The van der Waals surface area contributed by atoms with E-state index in [1.54, 1.807) is 12.4 Å².